The van der Waals surface area contributed by atoms with Gasteiger partial charge in [0.15, 0.2) is 0 Å². The van der Waals surface area contributed by atoms with Gasteiger partial charge in [0.1, 0.15) is 11.4 Å². The Morgan fingerprint density at radius 2 is 2.00 bits per heavy atom. The summed E-state index contributed by atoms with van der Waals surface area (Å²) in [4.78, 5) is 0. The second kappa shape index (κ2) is 3.63. The van der Waals surface area contributed by atoms with Crippen LogP contribution in [0.25, 0.3) is 0 Å². The van der Waals surface area contributed by atoms with Crippen molar-refractivity contribution in [3.05, 3.63) is 28.8 Å². The van der Waals surface area contributed by atoms with E-state index in [1.165, 1.54) is 12.8 Å². The van der Waals surface area contributed by atoms with E-state index in [9.17, 15) is 0 Å². The van der Waals surface area contributed by atoms with E-state index < -0.39 is 0 Å². The second-order valence-corrected chi connectivity index (χ2v) is 6.16. The van der Waals surface area contributed by atoms with Crippen LogP contribution in [-0.2, 0) is 5.54 Å². The molecule has 0 aromatic heterocycles. The van der Waals surface area contributed by atoms with E-state index in [1.807, 2.05) is 18.2 Å². The van der Waals surface area contributed by atoms with Crippen molar-refractivity contribution < 1.29 is 4.74 Å². The zero-order valence-corrected chi connectivity index (χ0v) is 10.9. The van der Waals surface area contributed by atoms with E-state index in [0.29, 0.717) is 0 Å². The molecule has 1 spiro atoms. The standard InChI is InChI=1S/C14H18ClNO/c1-13(16)9-14(6-2-3-7-14)17-12-5-4-10(15)8-11(12)13/h4-5,8H,2-3,6-7,9,16H2,1H3. The summed E-state index contributed by atoms with van der Waals surface area (Å²) in [5.74, 6) is 0.924. The predicted molar refractivity (Wildman–Crippen MR) is 69.4 cm³/mol. The van der Waals surface area contributed by atoms with Crippen LogP contribution < -0.4 is 10.5 Å². The molecule has 1 saturated carbocycles. The van der Waals surface area contributed by atoms with E-state index in [0.717, 1.165) is 35.6 Å². The van der Waals surface area contributed by atoms with Crippen LogP contribution in [0.2, 0.25) is 5.02 Å². The zero-order valence-electron chi connectivity index (χ0n) is 10.1. The zero-order chi connectivity index (χ0) is 12.1. The summed E-state index contributed by atoms with van der Waals surface area (Å²) in [6.45, 7) is 2.09. The Morgan fingerprint density at radius 1 is 1.29 bits per heavy atom. The molecule has 1 aromatic rings. The van der Waals surface area contributed by atoms with Crippen molar-refractivity contribution in [3.63, 3.8) is 0 Å². The molecule has 92 valence electrons. The molecular weight excluding hydrogens is 234 g/mol. The van der Waals surface area contributed by atoms with Crippen molar-refractivity contribution in [1.29, 1.82) is 0 Å². The SMILES string of the molecule is CC1(N)CC2(CCCC2)Oc2ccc(Cl)cc21. The van der Waals surface area contributed by atoms with Crippen LogP contribution in [-0.4, -0.2) is 5.60 Å². The smallest absolute Gasteiger partial charge is 0.125 e. The number of ether oxygens (including phenoxy) is 1. The van der Waals surface area contributed by atoms with E-state index >= 15 is 0 Å². The number of hydrogen-bond acceptors (Lipinski definition) is 2. The molecule has 1 aromatic carbocycles. The van der Waals surface area contributed by atoms with Gasteiger partial charge in [0.05, 0.1) is 0 Å². The summed E-state index contributed by atoms with van der Waals surface area (Å²) >= 11 is 6.04. The summed E-state index contributed by atoms with van der Waals surface area (Å²) in [7, 11) is 0. The molecule has 1 heterocycles. The van der Waals surface area contributed by atoms with Crippen LogP contribution in [0.4, 0.5) is 0 Å². The van der Waals surface area contributed by atoms with Gasteiger partial charge in [-0.25, -0.2) is 0 Å². The lowest BCUT2D eigenvalue weighted by Gasteiger charge is -2.44. The number of benzene rings is 1. The molecule has 2 N–H and O–H groups in total. The summed E-state index contributed by atoms with van der Waals surface area (Å²) in [5, 5.41) is 0.728. The Morgan fingerprint density at radius 3 is 2.71 bits per heavy atom. The Kier molecular flexibility index (Phi) is 2.43. The lowest BCUT2D eigenvalue weighted by atomic mass is 9.77. The molecule has 0 amide bonds. The fourth-order valence-electron chi connectivity index (χ4n) is 3.37. The van der Waals surface area contributed by atoms with Gasteiger partial charge < -0.3 is 10.5 Å². The van der Waals surface area contributed by atoms with E-state index in [1.54, 1.807) is 0 Å². The van der Waals surface area contributed by atoms with Gasteiger partial charge in [-0.05, 0) is 50.8 Å². The highest BCUT2D eigenvalue weighted by Crippen LogP contribution is 2.49. The first-order valence-electron chi connectivity index (χ1n) is 6.29. The average molecular weight is 252 g/mol. The first-order valence-corrected chi connectivity index (χ1v) is 6.67. The van der Waals surface area contributed by atoms with E-state index in [2.05, 4.69) is 6.92 Å². The van der Waals surface area contributed by atoms with Crippen molar-refractivity contribution in [2.75, 3.05) is 0 Å². The minimum absolute atomic E-state index is 0.0235. The Bertz CT molecular complexity index is 450. The van der Waals surface area contributed by atoms with Crippen molar-refractivity contribution >= 4 is 11.6 Å². The summed E-state index contributed by atoms with van der Waals surface area (Å²) in [5.41, 5.74) is 7.16. The van der Waals surface area contributed by atoms with Gasteiger partial charge in [-0.3, -0.25) is 0 Å². The molecule has 1 unspecified atom stereocenters. The fraction of sp³-hybridized carbons (Fsp3) is 0.571. The third-order valence-electron chi connectivity index (χ3n) is 4.09. The molecule has 1 fully saturated rings. The van der Waals surface area contributed by atoms with Crippen molar-refractivity contribution in [1.82, 2.24) is 0 Å². The molecule has 17 heavy (non-hydrogen) atoms. The molecule has 1 atom stereocenters. The summed E-state index contributed by atoms with van der Waals surface area (Å²) < 4.78 is 6.23. The molecule has 3 heteroatoms. The molecule has 3 rings (SSSR count). The summed E-state index contributed by atoms with van der Waals surface area (Å²) in [6, 6.07) is 5.78. The monoisotopic (exact) mass is 251 g/mol. The van der Waals surface area contributed by atoms with Crippen LogP contribution in [0, 0.1) is 0 Å². The first-order chi connectivity index (χ1) is 8.01. The topological polar surface area (TPSA) is 35.2 Å². The van der Waals surface area contributed by atoms with E-state index in [4.69, 9.17) is 22.1 Å². The molecule has 0 radical (unpaired) electrons. The molecular formula is C14H18ClNO. The van der Waals surface area contributed by atoms with Gasteiger partial charge >= 0.3 is 0 Å². The number of hydrogen-bond donors (Lipinski definition) is 1. The molecule has 0 bridgehead atoms. The molecule has 2 aliphatic rings. The lowest BCUT2D eigenvalue weighted by molar-refractivity contribution is 0.0224. The van der Waals surface area contributed by atoms with Gasteiger partial charge in [0.25, 0.3) is 0 Å². The largest absolute Gasteiger partial charge is 0.487 e. The maximum atomic E-state index is 6.47. The van der Waals surface area contributed by atoms with Crippen LogP contribution in [0.15, 0.2) is 18.2 Å². The van der Waals surface area contributed by atoms with Crippen LogP contribution in [0.5, 0.6) is 5.75 Å². The highest BCUT2D eigenvalue weighted by molar-refractivity contribution is 6.30. The van der Waals surface area contributed by atoms with E-state index in [-0.39, 0.29) is 11.1 Å². The van der Waals surface area contributed by atoms with Crippen LogP contribution >= 0.6 is 11.6 Å². The Labute approximate surface area is 107 Å². The van der Waals surface area contributed by atoms with Gasteiger partial charge in [0.2, 0.25) is 0 Å². The van der Waals surface area contributed by atoms with Crippen molar-refractivity contribution in [2.24, 2.45) is 5.73 Å². The quantitative estimate of drug-likeness (QED) is 0.765. The highest BCUT2D eigenvalue weighted by Gasteiger charge is 2.46. The molecule has 2 nitrogen and oxygen atoms in total. The number of fused-ring (bicyclic) bond motifs is 1. The van der Waals surface area contributed by atoms with Crippen molar-refractivity contribution in [2.45, 2.75) is 50.2 Å². The molecule has 1 aliphatic carbocycles. The first kappa shape index (κ1) is 11.4. The minimum atomic E-state index is -0.331. The Hall–Kier alpha value is -0.730. The van der Waals surface area contributed by atoms with Crippen LogP contribution in [0.1, 0.15) is 44.6 Å². The lowest BCUT2D eigenvalue weighted by Crippen LogP contribution is -2.49. The van der Waals surface area contributed by atoms with Crippen LogP contribution in [0.3, 0.4) is 0 Å². The summed E-state index contributed by atoms with van der Waals surface area (Å²) in [6.07, 6.45) is 5.65. The number of halogens is 1. The highest BCUT2D eigenvalue weighted by atomic mass is 35.5. The normalized spacial score (nSPS) is 30.1. The third-order valence-corrected chi connectivity index (χ3v) is 4.32. The fourth-order valence-corrected chi connectivity index (χ4v) is 3.54. The average Bonchev–Trinajstić information content (AvgIpc) is 2.67. The van der Waals surface area contributed by atoms with Crippen molar-refractivity contribution in [3.8, 4) is 5.75 Å². The van der Waals surface area contributed by atoms with Gasteiger partial charge in [-0.1, -0.05) is 11.6 Å². The third kappa shape index (κ3) is 1.84. The number of nitrogens with two attached hydrogens (primary N) is 1. The minimum Gasteiger partial charge on any atom is -0.487 e. The Balaban J connectivity index is 2.07. The maximum Gasteiger partial charge on any atom is 0.125 e. The van der Waals surface area contributed by atoms with Gasteiger partial charge in [-0.15, -0.1) is 0 Å². The molecule has 1 aliphatic heterocycles. The maximum absolute atomic E-state index is 6.47. The number of rotatable bonds is 0. The second-order valence-electron chi connectivity index (χ2n) is 5.73. The molecule has 0 saturated heterocycles. The van der Waals surface area contributed by atoms with Gasteiger partial charge in [0, 0.05) is 22.5 Å². The van der Waals surface area contributed by atoms with Gasteiger partial charge in [-0.2, -0.15) is 0 Å². The predicted octanol–water partition coefficient (Wildman–Crippen LogP) is 3.61.